The summed E-state index contributed by atoms with van der Waals surface area (Å²) in [7, 11) is 0. The zero-order valence-electron chi connectivity index (χ0n) is 55.2. The number of hydrogen-bond acceptors (Lipinski definition) is 4. The van der Waals surface area contributed by atoms with E-state index in [1.165, 1.54) is 190 Å². The average Bonchev–Trinajstić information content (AvgIpc) is 1.50. The van der Waals surface area contributed by atoms with Gasteiger partial charge in [0.25, 0.3) is 0 Å². The summed E-state index contributed by atoms with van der Waals surface area (Å²) in [6.45, 7) is 14.0. The molecule has 0 saturated heterocycles. The molecule has 0 spiro atoms. The Morgan fingerprint density at radius 2 is 0.880 bits per heavy atom. The number of hydrogen-bond donors (Lipinski definition) is 0. The van der Waals surface area contributed by atoms with Crippen LogP contribution in [0.1, 0.15) is 60.8 Å². The normalized spacial score (nSPS) is 13.8. The highest BCUT2D eigenvalue weighted by Crippen LogP contribution is 2.52. The lowest BCUT2D eigenvalue weighted by Gasteiger charge is -2.20. The maximum absolute atomic E-state index is 4.96. The standard InChI is InChI=1S/C48H30S2.C48H36S2/c1-2-12-29(13-3-1)30-22-24-31(25-23-30)43-33-14-4-6-16-35(33)44(36-17-7-5-15-34(36)43)32-26-27-40-42(28-32)50-47-38-19-9-8-18-37(38)45-39-20-10-11-21-41(39)49-48(45)46(40)47;1-30(33-15-5-4-6-16-33)25-26-31(2)47-36-19-8-10-21-38(36)48(39-22-11-9-20-37(39)47)32(3)40-28-41-35-18-12-14-24-44(35)50-46(41)29-42(40)45-27-34-17-7-13-23-43(34)49-45/h1-2,4-12,14-28H,3,13H2;4-5,7-8,10,12-15,17-29H,1-3,6,9,11,16H2/b;26-25-. The van der Waals surface area contributed by atoms with Crippen LogP contribution in [0.5, 0.6) is 0 Å². The van der Waals surface area contributed by atoms with Crippen molar-refractivity contribution in [3.63, 3.8) is 0 Å². The quantitative estimate of drug-likeness (QED) is 0.0946. The van der Waals surface area contributed by atoms with Crippen molar-refractivity contribution < 1.29 is 0 Å². The minimum absolute atomic E-state index is 1.00. The Kier molecular flexibility index (Phi) is 15.0. The van der Waals surface area contributed by atoms with E-state index in [0.29, 0.717) is 0 Å². The molecule has 0 amide bonds. The van der Waals surface area contributed by atoms with Gasteiger partial charge in [0.2, 0.25) is 0 Å². The molecule has 3 aliphatic rings. The highest BCUT2D eigenvalue weighted by Gasteiger charge is 2.25. The molecule has 100 heavy (non-hydrogen) atoms. The molecule has 474 valence electrons. The van der Waals surface area contributed by atoms with Crippen molar-refractivity contribution in [3.05, 3.63) is 343 Å². The van der Waals surface area contributed by atoms with Crippen LogP contribution in [0.2, 0.25) is 0 Å². The van der Waals surface area contributed by atoms with Gasteiger partial charge in [-0.05, 0) is 207 Å². The molecule has 0 atom stereocenters. The molecule has 0 unspecified atom stereocenters. The molecular weight excluding hydrogens is 1280 g/mol. The molecule has 0 N–H and O–H groups in total. The molecule has 0 radical (unpaired) electrons. The van der Waals surface area contributed by atoms with E-state index in [1.54, 1.807) is 0 Å². The summed E-state index contributed by atoms with van der Waals surface area (Å²) in [5.41, 5.74) is 17.2. The van der Waals surface area contributed by atoms with E-state index in [-0.39, 0.29) is 0 Å². The third kappa shape index (κ3) is 10.1. The van der Waals surface area contributed by atoms with Gasteiger partial charge in [-0.2, -0.15) is 0 Å². The van der Waals surface area contributed by atoms with Crippen LogP contribution in [-0.4, -0.2) is 0 Å². The minimum Gasteiger partial charge on any atom is -0.135 e. The van der Waals surface area contributed by atoms with Crippen molar-refractivity contribution in [1.82, 2.24) is 0 Å². The van der Waals surface area contributed by atoms with Crippen molar-refractivity contribution >= 4 is 188 Å². The van der Waals surface area contributed by atoms with Crippen LogP contribution in [0.4, 0.5) is 0 Å². The molecule has 0 bridgehead atoms. The maximum atomic E-state index is 4.96. The third-order valence-corrected chi connectivity index (χ3v) is 25.6. The van der Waals surface area contributed by atoms with Crippen LogP contribution in [0.3, 0.4) is 0 Å². The second kappa shape index (κ2) is 24.9. The lowest BCUT2D eigenvalue weighted by atomic mass is 9.83. The zero-order chi connectivity index (χ0) is 66.5. The summed E-state index contributed by atoms with van der Waals surface area (Å²) in [5, 5.41) is 22.2. The fraction of sp³-hybridized carbons (Fsp3) is 0.0625. The van der Waals surface area contributed by atoms with Crippen LogP contribution >= 0.6 is 45.3 Å². The van der Waals surface area contributed by atoms with Crippen LogP contribution in [0.15, 0.2) is 310 Å². The number of allylic oxidation sites excluding steroid dienone is 12. The van der Waals surface area contributed by atoms with Gasteiger partial charge in [-0.15, -0.1) is 45.3 Å². The number of benzene rings is 13. The Morgan fingerprint density at radius 1 is 0.350 bits per heavy atom. The van der Waals surface area contributed by atoms with Gasteiger partial charge in [0, 0.05) is 81.0 Å². The van der Waals surface area contributed by atoms with Gasteiger partial charge < -0.3 is 0 Å². The smallest absolute Gasteiger partial charge is 0.0455 e. The van der Waals surface area contributed by atoms with Crippen molar-refractivity contribution in [2.75, 3.05) is 0 Å². The number of rotatable bonds is 10. The van der Waals surface area contributed by atoms with E-state index in [2.05, 4.69) is 304 Å². The van der Waals surface area contributed by atoms with Crippen LogP contribution < -0.4 is 10.4 Å². The SMILES string of the molecule is C1=CCCC(c2ccc(-c3c4ccccc4c(-c4ccc5c(c4)sc4c6ccccc6c6c7ccccc7sc6c54)c4ccccc34)cc2)=C1.C=C(/C=C\C(=C)c1c2c(c(C(=C)c3cc4c(cc3-c3cc5ccccc5s3)sc3ccccc34)c3ccccc13)=CCCC=2)C1=CC=CCC1. The van der Waals surface area contributed by atoms with Gasteiger partial charge in [-0.1, -0.05) is 269 Å². The lowest BCUT2D eigenvalue weighted by molar-refractivity contribution is 0.979. The highest BCUT2D eigenvalue weighted by atomic mass is 32.1. The van der Waals surface area contributed by atoms with Crippen molar-refractivity contribution in [3.8, 4) is 32.7 Å². The second-order valence-electron chi connectivity index (χ2n) is 26.7. The van der Waals surface area contributed by atoms with Gasteiger partial charge in [-0.3, -0.25) is 0 Å². The van der Waals surface area contributed by atoms with Crippen molar-refractivity contribution in [2.24, 2.45) is 0 Å². The first-order valence-corrected chi connectivity index (χ1v) is 38.0. The van der Waals surface area contributed by atoms with Crippen LogP contribution in [-0.2, 0) is 0 Å². The van der Waals surface area contributed by atoms with Crippen LogP contribution in [0.25, 0.3) is 175 Å². The Bertz CT molecular complexity index is 6600. The largest absolute Gasteiger partial charge is 0.135 e. The van der Waals surface area contributed by atoms with E-state index in [4.69, 9.17) is 6.58 Å². The predicted molar refractivity (Wildman–Crippen MR) is 445 cm³/mol. The Labute approximate surface area is 597 Å². The summed E-state index contributed by atoms with van der Waals surface area (Å²) >= 11 is 7.62. The monoisotopic (exact) mass is 1350 g/mol. The molecule has 4 heterocycles. The summed E-state index contributed by atoms with van der Waals surface area (Å²) in [5.74, 6) is 0. The molecule has 4 heteroatoms. The first-order chi connectivity index (χ1) is 49.4. The molecule has 0 nitrogen and oxygen atoms in total. The van der Waals surface area contributed by atoms with Gasteiger partial charge >= 0.3 is 0 Å². The van der Waals surface area contributed by atoms with Crippen molar-refractivity contribution in [2.45, 2.75) is 38.5 Å². The van der Waals surface area contributed by atoms with Gasteiger partial charge in [0.1, 0.15) is 0 Å². The molecule has 0 aliphatic heterocycles. The van der Waals surface area contributed by atoms with E-state index < -0.39 is 0 Å². The first-order valence-electron chi connectivity index (χ1n) is 34.8. The predicted octanol–water partition coefficient (Wildman–Crippen LogP) is 27.9. The van der Waals surface area contributed by atoms with E-state index in [1.807, 2.05) is 45.3 Å². The Hall–Kier alpha value is -10.8. The molecule has 20 rings (SSSR count). The maximum Gasteiger partial charge on any atom is 0.0455 e. The number of fused-ring (bicyclic) bond motifs is 18. The Balaban J connectivity index is 0.000000139. The van der Waals surface area contributed by atoms with E-state index in [0.717, 1.165) is 55.2 Å². The fourth-order valence-electron chi connectivity index (χ4n) is 16.3. The Morgan fingerprint density at radius 3 is 1.56 bits per heavy atom. The highest BCUT2D eigenvalue weighted by molar-refractivity contribution is 7.30. The molecule has 4 aromatic heterocycles. The fourth-order valence-corrected chi connectivity index (χ4v) is 21.1. The second-order valence-corrected chi connectivity index (χ2v) is 31.0. The molecule has 17 aromatic rings. The van der Waals surface area contributed by atoms with Gasteiger partial charge in [0.15, 0.2) is 0 Å². The van der Waals surface area contributed by atoms with E-state index >= 15 is 0 Å². The topological polar surface area (TPSA) is 0 Å². The average molecular weight is 1350 g/mol. The summed E-state index contributed by atoms with van der Waals surface area (Å²) in [6, 6.07) is 85.9. The number of thiophene rings is 4. The summed E-state index contributed by atoms with van der Waals surface area (Å²) < 4.78 is 9.41. The van der Waals surface area contributed by atoms with E-state index in [9.17, 15) is 0 Å². The van der Waals surface area contributed by atoms with Crippen LogP contribution in [0, 0.1) is 0 Å². The third-order valence-electron chi connectivity index (χ3n) is 21.0. The minimum atomic E-state index is 1.00. The zero-order valence-corrected chi connectivity index (χ0v) is 58.5. The molecular formula is C96H66S4. The molecule has 13 aromatic carbocycles. The summed E-state index contributed by atoms with van der Waals surface area (Å²) in [4.78, 5) is 1.27. The first kappa shape index (κ1) is 60.4. The summed E-state index contributed by atoms with van der Waals surface area (Å²) in [6.07, 6.45) is 28.7. The molecule has 3 aliphatic carbocycles. The van der Waals surface area contributed by atoms with Crippen molar-refractivity contribution in [1.29, 1.82) is 0 Å². The lowest BCUT2D eigenvalue weighted by Crippen LogP contribution is -2.34. The molecule has 0 saturated carbocycles. The molecule has 0 fully saturated rings. The van der Waals surface area contributed by atoms with Gasteiger partial charge in [-0.25, -0.2) is 0 Å². The van der Waals surface area contributed by atoms with Gasteiger partial charge in [0.05, 0.1) is 0 Å².